The molecule has 2 aromatic rings. The molecule has 0 unspecified atom stereocenters. The maximum atomic E-state index is 13.0. The Morgan fingerprint density at radius 3 is 2.64 bits per heavy atom. The molecule has 1 aliphatic rings. The topological polar surface area (TPSA) is 39.2 Å². The van der Waals surface area contributed by atoms with Crippen molar-refractivity contribution in [2.24, 2.45) is 11.8 Å². The lowest BCUT2D eigenvalue weighted by atomic mass is 10.2. The van der Waals surface area contributed by atoms with Crippen LogP contribution in [-0.4, -0.2) is 11.0 Å². The molecule has 1 saturated carbocycles. The van der Waals surface area contributed by atoms with Crippen LogP contribution < -0.4 is 0 Å². The van der Waals surface area contributed by atoms with Gasteiger partial charge in [0.2, 0.25) is 0 Å². The Bertz CT molecular complexity index is 695. The Morgan fingerprint density at radius 2 is 2.05 bits per heavy atom. The molecule has 3 atom stereocenters. The zero-order valence-electron chi connectivity index (χ0n) is 12.8. The monoisotopic (exact) mass is 319 g/mol. The van der Waals surface area contributed by atoms with Crippen LogP contribution in [0.25, 0.3) is 10.6 Å². The van der Waals surface area contributed by atoms with E-state index in [1.165, 1.54) is 23.5 Å². The van der Waals surface area contributed by atoms with Crippen LogP contribution >= 0.6 is 11.3 Å². The zero-order valence-corrected chi connectivity index (χ0v) is 13.6. The van der Waals surface area contributed by atoms with Crippen LogP contribution in [-0.2, 0) is 9.53 Å². The van der Waals surface area contributed by atoms with E-state index in [1.54, 1.807) is 12.1 Å². The summed E-state index contributed by atoms with van der Waals surface area (Å²) in [6, 6.07) is 6.26. The summed E-state index contributed by atoms with van der Waals surface area (Å²) in [7, 11) is 0. The summed E-state index contributed by atoms with van der Waals surface area (Å²) in [5.74, 6) is 0.124. The maximum Gasteiger partial charge on any atom is 0.309 e. The van der Waals surface area contributed by atoms with Gasteiger partial charge in [0.05, 0.1) is 16.5 Å². The number of aromatic nitrogens is 1. The van der Waals surface area contributed by atoms with Crippen molar-refractivity contribution in [3.63, 3.8) is 0 Å². The van der Waals surface area contributed by atoms with Gasteiger partial charge in [-0.2, -0.15) is 0 Å². The summed E-state index contributed by atoms with van der Waals surface area (Å²) in [6.07, 6.45) is 0.626. The Labute approximate surface area is 133 Å². The quantitative estimate of drug-likeness (QED) is 0.778. The van der Waals surface area contributed by atoms with Crippen molar-refractivity contribution in [3.8, 4) is 10.6 Å². The van der Waals surface area contributed by atoms with Gasteiger partial charge in [0.25, 0.3) is 0 Å². The van der Waals surface area contributed by atoms with Gasteiger partial charge in [-0.1, -0.05) is 6.92 Å². The van der Waals surface area contributed by atoms with Gasteiger partial charge in [-0.05, 0) is 50.5 Å². The fraction of sp³-hybridized carbons (Fsp3) is 0.412. The number of hydrogen-bond donors (Lipinski definition) is 0. The number of hydrogen-bond acceptors (Lipinski definition) is 4. The summed E-state index contributed by atoms with van der Waals surface area (Å²) in [5.41, 5.74) is 1.73. The van der Waals surface area contributed by atoms with Gasteiger partial charge in [-0.3, -0.25) is 4.79 Å². The van der Waals surface area contributed by atoms with Crippen LogP contribution in [0.2, 0.25) is 0 Å². The molecule has 0 radical (unpaired) electrons. The summed E-state index contributed by atoms with van der Waals surface area (Å²) >= 11 is 1.49. The molecule has 1 aliphatic carbocycles. The van der Waals surface area contributed by atoms with E-state index in [-0.39, 0.29) is 23.8 Å². The van der Waals surface area contributed by atoms with Crippen molar-refractivity contribution in [2.75, 3.05) is 0 Å². The molecule has 5 heteroatoms. The van der Waals surface area contributed by atoms with E-state index in [1.807, 2.05) is 13.8 Å². The highest BCUT2D eigenvalue weighted by molar-refractivity contribution is 7.15. The molecule has 0 aliphatic heterocycles. The lowest BCUT2D eigenvalue weighted by molar-refractivity contribution is -0.150. The van der Waals surface area contributed by atoms with Crippen LogP contribution in [0, 0.1) is 24.6 Å². The van der Waals surface area contributed by atoms with E-state index in [2.05, 4.69) is 11.9 Å². The van der Waals surface area contributed by atoms with Crippen LogP contribution in [0.15, 0.2) is 24.3 Å². The van der Waals surface area contributed by atoms with E-state index in [0.717, 1.165) is 27.6 Å². The first-order valence-electron chi connectivity index (χ1n) is 7.39. The number of benzene rings is 1. The van der Waals surface area contributed by atoms with Crippen LogP contribution in [0.3, 0.4) is 0 Å². The van der Waals surface area contributed by atoms with Crippen LogP contribution in [0.1, 0.15) is 36.9 Å². The van der Waals surface area contributed by atoms with E-state index >= 15 is 0 Å². The van der Waals surface area contributed by atoms with Crippen LogP contribution in [0.4, 0.5) is 4.39 Å². The second kappa shape index (κ2) is 5.80. The number of carbonyl (C=O) groups excluding carboxylic acids is 1. The number of rotatable bonds is 4. The molecule has 116 valence electrons. The van der Waals surface area contributed by atoms with Gasteiger partial charge >= 0.3 is 5.97 Å². The van der Waals surface area contributed by atoms with E-state index in [9.17, 15) is 9.18 Å². The van der Waals surface area contributed by atoms with Gasteiger partial charge in [0.15, 0.2) is 0 Å². The SMILES string of the molecule is Cc1nc(-c2ccc(F)cc2)sc1[C@H](C)OC(=O)[C@H]1C[C@@H]1C. The minimum atomic E-state index is -0.299. The molecule has 3 nitrogen and oxygen atoms in total. The normalized spacial score (nSPS) is 21.5. The fourth-order valence-corrected chi connectivity index (χ4v) is 3.52. The number of aryl methyl sites for hydroxylation is 1. The summed E-state index contributed by atoms with van der Waals surface area (Å²) in [6.45, 7) is 5.84. The summed E-state index contributed by atoms with van der Waals surface area (Å²) in [4.78, 5) is 17.4. The van der Waals surface area contributed by atoms with Crippen molar-refractivity contribution in [3.05, 3.63) is 40.7 Å². The van der Waals surface area contributed by atoms with Gasteiger partial charge in [0.1, 0.15) is 16.9 Å². The third kappa shape index (κ3) is 3.04. The molecule has 0 N–H and O–H groups in total. The highest BCUT2D eigenvalue weighted by Gasteiger charge is 2.41. The first-order chi connectivity index (χ1) is 10.5. The Morgan fingerprint density at radius 1 is 1.41 bits per heavy atom. The Kier molecular flexibility index (Phi) is 4.00. The van der Waals surface area contributed by atoms with Gasteiger partial charge in [0, 0.05) is 5.56 Å². The van der Waals surface area contributed by atoms with Crippen molar-refractivity contribution < 1.29 is 13.9 Å². The maximum absolute atomic E-state index is 13.0. The molecular weight excluding hydrogens is 301 g/mol. The van der Waals surface area contributed by atoms with E-state index in [4.69, 9.17) is 4.74 Å². The minimum absolute atomic E-state index is 0.0623. The molecular formula is C17H18FNO2S. The molecule has 0 amide bonds. The van der Waals surface area contributed by atoms with Crippen molar-refractivity contribution in [1.82, 2.24) is 4.98 Å². The lowest BCUT2D eigenvalue weighted by Crippen LogP contribution is -2.11. The summed E-state index contributed by atoms with van der Waals surface area (Å²) in [5, 5.41) is 0.815. The standard InChI is InChI=1S/C17H18FNO2S/c1-9-8-14(9)17(20)21-11(3)15-10(2)19-16(22-15)12-4-6-13(18)7-5-12/h4-7,9,11,14H,8H2,1-3H3/t9-,11-,14-/m0/s1. The van der Waals surface area contributed by atoms with Crippen LogP contribution in [0.5, 0.6) is 0 Å². The van der Waals surface area contributed by atoms with Gasteiger partial charge in [-0.15, -0.1) is 11.3 Å². The first kappa shape index (κ1) is 15.2. The Balaban J connectivity index is 1.76. The Hall–Kier alpha value is -1.75. The van der Waals surface area contributed by atoms with Crippen molar-refractivity contribution in [1.29, 1.82) is 0 Å². The number of ether oxygens (including phenoxy) is 1. The number of esters is 1. The molecule has 0 bridgehead atoms. The first-order valence-corrected chi connectivity index (χ1v) is 8.21. The van der Waals surface area contributed by atoms with E-state index < -0.39 is 0 Å². The molecule has 0 saturated heterocycles. The second-order valence-corrected chi connectivity index (χ2v) is 6.90. The largest absolute Gasteiger partial charge is 0.457 e. The predicted molar refractivity (Wildman–Crippen MR) is 84.0 cm³/mol. The van der Waals surface area contributed by atoms with E-state index in [0.29, 0.717) is 5.92 Å². The second-order valence-electron chi connectivity index (χ2n) is 5.87. The van der Waals surface area contributed by atoms with Gasteiger partial charge < -0.3 is 4.74 Å². The smallest absolute Gasteiger partial charge is 0.309 e. The molecule has 0 spiro atoms. The highest BCUT2D eigenvalue weighted by atomic mass is 32.1. The fourth-order valence-electron chi connectivity index (χ4n) is 2.47. The molecule has 1 aromatic heterocycles. The molecule has 22 heavy (non-hydrogen) atoms. The van der Waals surface area contributed by atoms with Gasteiger partial charge in [-0.25, -0.2) is 9.37 Å². The molecule has 1 fully saturated rings. The zero-order chi connectivity index (χ0) is 15.9. The molecule has 1 aromatic carbocycles. The predicted octanol–water partition coefficient (Wildman–Crippen LogP) is 4.52. The number of halogens is 1. The highest BCUT2D eigenvalue weighted by Crippen LogP contribution is 2.40. The van der Waals surface area contributed by atoms with Crippen molar-refractivity contribution >= 4 is 17.3 Å². The summed E-state index contributed by atoms with van der Waals surface area (Å²) < 4.78 is 18.5. The van der Waals surface area contributed by atoms with Crippen molar-refractivity contribution in [2.45, 2.75) is 33.3 Å². The molecule has 1 heterocycles. The third-order valence-corrected chi connectivity index (χ3v) is 5.37. The number of nitrogens with zero attached hydrogens (tertiary/aromatic N) is 1. The lowest BCUT2D eigenvalue weighted by Gasteiger charge is -2.11. The number of thiazole rings is 1. The third-order valence-electron chi connectivity index (χ3n) is 4.00. The minimum Gasteiger partial charge on any atom is -0.457 e. The molecule has 3 rings (SSSR count). The average molecular weight is 319 g/mol. The average Bonchev–Trinajstić information content (AvgIpc) is 3.08. The number of carbonyl (C=O) groups is 1.